The number of hydrogen-bond acceptors (Lipinski definition) is 6. The summed E-state index contributed by atoms with van der Waals surface area (Å²) in [5, 5.41) is 21.4. The van der Waals surface area contributed by atoms with Crippen molar-refractivity contribution in [3.63, 3.8) is 0 Å². The average Bonchev–Trinajstić information content (AvgIpc) is 2.36. The van der Waals surface area contributed by atoms with Crippen LogP contribution in [0.4, 0.5) is 0 Å². The molecule has 0 radical (unpaired) electrons. The van der Waals surface area contributed by atoms with E-state index in [4.69, 9.17) is 19.2 Å². The summed E-state index contributed by atoms with van der Waals surface area (Å²) in [6.45, 7) is 6.17. The Balaban J connectivity index is 2.67. The molecule has 0 bridgehead atoms. The molecule has 1 saturated heterocycles. The fourth-order valence-corrected chi connectivity index (χ4v) is 3.33. The van der Waals surface area contributed by atoms with Crippen molar-refractivity contribution in [2.24, 2.45) is 0 Å². The highest BCUT2D eigenvalue weighted by Gasteiger charge is 2.78. The molecule has 0 amide bonds. The molecule has 2 rings (SSSR count). The summed E-state index contributed by atoms with van der Waals surface area (Å²) in [5.74, 6) is -0.872. The van der Waals surface area contributed by atoms with Gasteiger partial charge in [-0.15, -0.1) is 0 Å². The smallest absolute Gasteiger partial charge is 0.266 e. The molecule has 1 heterocycles. The van der Waals surface area contributed by atoms with Gasteiger partial charge in [0.05, 0.1) is 18.3 Å². The Morgan fingerprint density at radius 3 is 1.95 bits per heavy atom. The third-order valence-corrected chi connectivity index (χ3v) is 4.21. The highest BCUT2D eigenvalue weighted by Crippen LogP contribution is 2.59. The second kappa shape index (κ2) is 5.18. The lowest BCUT2D eigenvalue weighted by molar-refractivity contribution is -0.654. The fourth-order valence-electron chi connectivity index (χ4n) is 3.33. The minimum atomic E-state index is -1.53. The van der Waals surface area contributed by atoms with Crippen molar-refractivity contribution >= 4 is 0 Å². The summed E-state index contributed by atoms with van der Waals surface area (Å²) in [4.78, 5) is 10.6. The lowest BCUT2D eigenvalue weighted by Gasteiger charge is -2.63. The molecule has 1 aliphatic rings. The van der Waals surface area contributed by atoms with Gasteiger partial charge in [0.1, 0.15) is 5.75 Å². The molecule has 0 aliphatic carbocycles. The highest BCUT2D eigenvalue weighted by molar-refractivity contribution is 5.37. The normalized spacial score (nSPS) is 24.7. The van der Waals surface area contributed by atoms with Crippen LogP contribution in [0.15, 0.2) is 24.3 Å². The molecule has 124 valence electrons. The van der Waals surface area contributed by atoms with Crippen LogP contribution in [0.3, 0.4) is 0 Å². The minimum absolute atomic E-state index is 0.574. The number of rotatable bonds is 5. The number of benzene rings is 1. The third-order valence-electron chi connectivity index (χ3n) is 4.21. The van der Waals surface area contributed by atoms with Gasteiger partial charge < -0.3 is 19.7 Å². The molecular weight excluding hydrogens is 288 g/mol. The monoisotopic (exact) mass is 312 g/mol. The van der Waals surface area contributed by atoms with E-state index in [1.54, 1.807) is 59.1 Å². The Bertz CT molecular complexity index is 524. The SMILES string of the molecule is COc1cccc(C2(OC)OOC2(C(C)(C)O)C(C)(C)O)c1. The van der Waals surface area contributed by atoms with Gasteiger partial charge in [-0.25, -0.2) is 4.89 Å². The summed E-state index contributed by atoms with van der Waals surface area (Å²) in [6, 6.07) is 7.04. The zero-order chi connectivity index (χ0) is 16.8. The van der Waals surface area contributed by atoms with Crippen molar-refractivity contribution < 1.29 is 29.5 Å². The minimum Gasteiger partial charge on any atom is -0.497 e. The Hall–Kier alpha value is -1.18. The van der Waals surface area contributed by atoms with Crippen molar-refractivity contribution in [1.82, 2.24) is 0 Å². The van der Waals surface area contributed by atoms with E-state index in [1.165, 1.54) is 7.11 Å². The molecule has 1 unspecified atom stereocenters. The molecule has 0 saturated carbocycles. The van der Waals surface area contributed by atoms with Crippen molar-refractivity contribution in [3.8, 4) is 5.75 Å². The largest absolute Gasteiger partial charge is 0.497 e. The summed E-state index contributed by atoms with van der Waals surface area (Å²) in [7, 11) is 2.99. The van der Waals surface area contributed by atoms with Gasteiger partial charge in [0, 0.05) is 12.7 Å². The Labute approximate surface area is 130 Å². The van der Waals surface area contributed by atoms with Crippen LogP contribution in [0.25, 0.3) is 0 Å². The van der Waals surface area contributed by atoms with Crippen LogP contribution in [0, 0.1) is 0 Å². The predicted octanol–water partition coefficient (Wildman–Crippen LogP) is 1.74. The summed E-state index contributed by atoms with van der Waals surface area (Å²) < 4.78 is 10.8. The number of hydrogen-bond donors (Lipinski definition) is 2. The molecule has 1 aromatic rings. The second-order valence-corrected chi connectivity index (χ2v) is 6.52. The van der Waals surface area contributed by atoms with Gasteiger partial charge in [0.25, 0.3) is 5.79 Å². The first kappa shape index (κ1) is 17.2. The van der Waals surface area contributed by atoms with E-state index in [1.807, 2.05) is 0 Å². The maximum absolute atomic E-state index is 10.7. The number of methoxy groups -OCH3 is 2. The van der Waals surface area contributed by atoms with Crippen LogP contribution in [0.5, 0.6) is 5.75 Å². The standard InChI is InChI=1S/C16H24O6/c1-13(2,17)16(14(3,4)18)15(20-6,21-22-16)11-8-7-9-12(10-11)19-5/h7-10,17-18H,1-6H3. The van der Waals surface area contributed by atoms with E-state index in [9.17, 15) is 10.2 Å². The van der Waals surface area contributed by atoms with Gasteiger partial charge in [-0.05, 0) is 39.8 Å². The van der Waals surface area contributed by atoms with Crippen molar-refractivity contribution in [2.45, 2.75) is 50.3 Å². The van der Waals surface area contributed by atoms with Crippen LogP contribution >= 0.6 is 0 Å². The van der Waals surface area contributed by atoms with Gasteiger partial charge in [-0.2, -0.15) is 4.89 Å². The first-order valence-corrected chi connectivity index (χ1v) is 7.07. The van der Waals surface area contributed by atoms with E-state index in [2.05, 4.69) is 0 Å². The fraction of sp³-hybridized carbons (Fsp3) is 0.625. The third kappa shape index (κ3) is 2.06. The Morgan fingerprint density at radius 1 is 1.00 bits per heavy atom. The van der Waals surface area contributed by atoms with E-state index in [0.29, 0.717) is 11.3 Å². The van der Waals surface area contributed by atoms with Crippen LogP contribution < -0.4 is 4.74 Å². The molecule has 1 fully saturated rings. The zero-order valence-electron chi connectivity index (χ0n) is 13.8. The van der Waals surface area contributed by atoms with E-state index < -0.39 is 22.6 Å². The van der Waals surface area contributed by atoms with E-state index >= 15 is 0 Å². The zero-order valence-corrected chi connectivity index (χ0v) is 13.8. The van der Waals surface area contributed by atoms with Crippen LogP contribution in [-0.2, 0) is 20.3 Å². The van der Waals surface area contributed by atoms with Gasteiger partial charge in [-0.1, -0.05) is 12.1 Å². The van der Waals surface area contributed by atoms with Crippen LogP contribution in [0.2, 0.25) is 0 Å². The molecule has 0 spiro atoms. The molecule has 2 N–H and O–H groups in total. The summed E-state index contributed by atoms with van der Waals surface area (Å²) in [5.41, 5.74) is -3.87. The van der Waals surface area contributed by atoms with E-state index in [-0.39, 0.29) is 0 Å². The molecule has 0 aromatic heterocycles. The average molecular weight is 312 g/mol. The lowest BCUT2D eigenvalue weighted by Crippen LogP contribution is -2.82. The summed E-state index contributed by atoms with van der Waals surface area (Å²) in [6.07, 6.45) is 0. The molecule has 6 heteroatoms. The van der Waals surface area contributed by atoms with Crippen molar-refractivity contribution in [3.05, 3.63) is 29.8 Å². The van der Waals surface area contributed by atoms with E-state index in [0.717, 1.165) is 0 Å². The first-order chi connectivity index (χ1) is 10.1. The summed E-state index contributed by atoms with van der Waals surface area (Å²) >= 11 is 0. The maximum Gasteiger partial charge on any atom is 0.266 e. The van der Waals surface area contributed by atoms with Gasteiger partial charge in [0.2, 0.25) is 5.60 Å². The topological polar surface area (TPSA) is 77.4 Å². The van der Waals surface area contributed by atoms with Crippen LogP contribution in [-0.4, -0.2) is 41.2 Å². The molecule has 6 nitrogen and oxygen atoms in total. The number of ether oxygens (including phenoxy) is 2. The van der Waals surface area contributed by atoms with Gasteiger partial charge >= 0.3 is 0 Å². The Morgan fingerprint density at radius 2 is 1.59 bits per heavy atom. The second-order valence-electron chi connectivity index (χ2n) is 6.52. The molecule has 1 aliphatic heterocycles. The Kier molecular flexibility index (Phi) is 4.04. The van der Waals surface area contributed by atoms with Crippen LogP contribution in [0.1, 0.15) is 33.3 Å². The van der Waals surface area contributed by atoms with Crippen molar-refractivity contribution in [2.75, 3.05) is 14.2 Å². The first-order valence-electron chi connectivity index (χ1n) is 7.07. The molecular formula is C16H24O6. The predicted molar refractivity (Wildman–Crippen MR) is 79.2 cm³/mol. The quantitative estimate of drug-likeness (QED) is 0.807. The maximum atomic E-state index is 10.7. The lowest BCUT2D eigenvalue weighted by atomic mass is 9.65. The van der Waals surface area contributed by atoms with Crippen molar-refractivity contribution in [1.29, 1.82) is 0 Å². The highest BCUT2D eigenvalue weighted by atomic mass is 17.3. The molecule has 1 aromatic carbocycles. The van der Waals surface area contributed by atoms with Gasteiger partial charge in [0.15, 0.2) is 0 Å². The van der Waals surface area contributed by atoms with Gasteiger partial charge in [-0.3, -0.25) is 0 Å². The molecule has 22 heavy (non-hydrogen) atoms. The molecule has 1 atom stereocenters. The number of aliphatic hydroxyl groups is 2.